The molecule has 1 aromatic heterocycles. The Morgan fingerprint density at radius 2 is 1.37 bits per heavy atom. The molecule has 1 aliphatic rings. The Morgan fingerprint density at radius 3 is 1.90 bits per heavy atom. The van der Waals surface area contributed by atoms with Crippen molar-refractivity contribution in [3.8, 4) is 0 Å². The lowest BCUT2D eigenvalue weighted by atomic mass is 9.92. The van der Waals surface area contributed by atoms with Crippen molar-refractivity contribution in [2.24, 2.45) is 5.11 Å². The predicted octanol–water partition coefficient (Wildman–Crippen LogP) is 6.57. The van der Waals surface area contributed by atoms with Crippen molar-refractivity contribution in [2.45, 2.75) is 44.1 Å². The van der Waals surface area contributed by atoms with E-state index in [9.17, 15) is 10.3 Å². The minimum absolute atomic E-state index is 0.269. The van der Waals surface area contributed by atoms with Crippen molar-refractivity contribution in [1.82, 2.24) is 4.57 Å². The molecule has 0 aliphatic carbocycles. The minimum Gasteiger partial charge on any atom is -0.465 e. The number of hydrogen-bond acceptors (Lipinski definition) is 6. The topological polar surface area (TPSA) is 108 Å². The summed E-state index contributed by atoms with van der Waals surface area (Å²) in [5.74, 6) is -0.487. The number of aromatic nitrogens is 1. The SMILES string of the molecule is COC(=O)c1cc2n(c1)[C@H](COCc1ccccc1)[C@@H](OCc1ccccc1)[C@H](OCc1ccccc1)[C@H]2N=[N+]=[N-]. The third kappa shape index (κ3) is 6.85. The fourth-order valence-corrected chi connectivity index (χ4v) is 5.13. The van der Waals surface area contributed by atoms with Gasteiger partial charge in [-0.1, -0.05) is 96.1 Å². The zero-order valence-corrected chi connectivity index (χ0v) is 22.8. The van der Waals surface area contributed by atoms with Crippen molar-refractivity contribution >= 4 is 5.97 Å². The zero-order valence-electron chi connectivity index (χ0n) is 22.8. The Bertz CT molecular complexity index is 1460. The molecule has 0 spiro atoms. The predicted molar refractivity (Wildman–Crippen MR) is 153 cm³/mol. The van der Waals surface area contributed by atoms with Crippen molar-refractivity contribution in [1.29, 1.82) is 0 Å². The maximum atomic E-state index is 12.6. The van der Waals surface area contributed by atoms with E-state index in [-0.39, 0.29) is 19.3 Å². The number of carbonyl (C=O) groups is 1. The highest BCUT2D eigenvalue weighted by atomic mass is 16.5. The summed E-state index contributed by atoms with van der Waals surface area (Å²) in [6.45, 7) is 1.27. The Hall–Kier alpha value is -4.40. The fraction of sp³-hybridized carbons (Fsp3) is 0.281. The molecule has 2 heterocycles. The van der Waals surface area contributed by atoms with Gasteiger partial charge < -0.3 is 23.5 Å². The summed E-state index contributed by atoms with van der Waals surface area (Å²) < 4.78 is 26.2. The van der Waals surface area contributed by atoms with E-state index >= 15 is 0 Å². The summed E-state index contributed by atoms with van der Waals surface area (Å²) in [6.07, 6.45) is 0.479. The maximum absolute atomic E-state index is 12.6. The van der Waals surface area contributed by atoms with Crippen molar-refractivity contribution in [3.63, 3.8) is 0 Å². The van der Waals surface area contributed by atoms with Crippen LogP contribution in [0.15, 0.2) is 108 Å². The van der Waals surface area contributed by atoms with E-state index in [0.717, 1.165) is 16.7 Å². The van der Waals surface area contributed by atoms with E-state index < -0.39 is 24.2 Å². The second kappa shape index (κ2) is 13.8. The lowest BCUT2D eigenvalue weighted by Gasteiger charge is -2.42. The van der Waals surface area contributed by atoms with E-state index in [4.69, 9.17) is 18.9 Å². The highest BCUT2D eigenvalue weighted by molar-refractivity contribution is 5.89. The molecule has 0 radical (unpaired) electrons. The van der Waals surface area contributed by atoms with Crippen LogP contribution in [0.25, 0.3) is 10.4 Å². The van der Waals surface area contributed by atoms with Gasteiger partial charge in [0.2, 0.25) is 0 Å². The first kappa shape index (κ1) is 28.1. The Balaban J connectivity index is 1.52. The lowest BCUT2D eigenvalue weighted by Crippen LogP contribution is -2.48. The van der Waals surface area contributed by atoms with Gasteiger partial charge in [0.1, 0.15) is 18.2 Å². The molecule has 9 heteroatoms. The summed E-state index contributed by atoms with van der Waals surface area (Å²) in [4.78, 5) is 15.7. The van der Waals surface area contributed by atoms with E-state index in [1.54, 1.807) is 12.3 Å². The molecule has 0 saturated carbocycles. The van der Waals surface area contributed by atoms with Gasteiger partial charge in [0.15, 0.2) is 0 Å². The van der Waals surface area contributed by atoms with Gasteiger partial charge >= 0.3 is 5.97 Å². The molecular weight excluding hydrogens is 520 g/mol. The molecule has 210 valence electrons. The summed E-state index contributed by atoms with van der Waals surface area (Å²) in [7, 11) is 1.34. The van der Waals surface area contributed by atoms with Gasteiger partial charge in [-0.05, 0) is 28.3 Å². The van der Waals surface area contributed by atoms with Crippen LogP contribution in [0.5, 0.6) is 0 Å². The van der Waals surface area contributed by atoms with E-state index in [2.05, 4.69) is 10.0 Å². The molecule has 0 fully saturated rings. The monoisotopic (exact) mass is 552 g/mol. The molecule has 0 amide bonds. The number of esters is 1. The van der Waals surface area contributed by atoms with E-state index in [1.807, 2.05) is 95.6 Å². The van der Waals surface area contributed by atoms with Crippen LogP contribution in [0.2, 0.25) is 0 Å². The molecule has 4 atom stereocenters. The molecule has 0 unspecified atom stereocenters. The zero-order chi connectivity index (χ0) is 28.4. The maximum Gasteiger partial charge on any atom is 0.339 e. The summed E-state index contributed by atoms with van der Waals surface area (Å²) >= 11 is 0. The van der Waals surface area contributed by atoms with Crippen molar-refractivity contribution in [2.75, 3.05) is 13.7 Å². The number of ether oxygens (including phenoxy) is 4. The van der Waals surface area contributed by atoms with Gasteiger partial charge in [0, 0.05) is 16.8 Å². The van der Waals surface area contributed by atoms with Crippen LogP contribution in [0.3, 0.4) is 0 Å². The molecule has 0 bridgehead atoms. The second-order valence-corrected chi connectivity index (χ2v) is 9.79. The van der Waals surface area contributed by atoms with Gasteiger partial charge in [-0.2, -0.15) is 0 Å². The molecule has 9 nitrogen and oxygen atoms in total. The number of rotatable bonds is 12. The third-order valence-electron chi connectivity index (χ3n) is 7.12. The first-order chi connectivity index (χ1) is 20.2. The number of azide groups is 1. The molecule has 41 heavy (non-hydrogen) atoms. The molecular formula is C32H32N4O5. The van der Waals surface area contributed by atoms with Gasteiger partial charge in [0.05, 0.1) is 45.1 Å². The van der Waals surface area contributed by atoms with Crippen LogP contribution in [-0.2, 0) is 38.8 Å². The summed E-state index contributed by atoms with van der Waals surface area (Å²) in [6, 6.07) is 30.1. The number of carbonyl (C=O) groups excluding carboxylic acids is 1. The average molecular weight is 553 g/mol. The van der Waals surface area contributed by atoms with Crippen molar-refractivity contribution < 1.29 is 23.7 Å². The smallest absolute Gasteiger partial charge is 0.339 e. The van der Waals surface area contributed by atoms with Crippen LogP contribution < -0.4 is 0 Å². The fourth-order valence-electron chi connectivity index (χ4n) is 5.13. The second-order valence-electron chi connectivity index (χ2n) is 9.79. The highest BCUT2D eigenvalue weighted by Crippen LogP contribution is 2.41. The third-order valence-corrected chi connectivity index (χ3v) is 7.12. The van der Waals surface area contributed by atoms with Crippen LogP contribution in [0, 0.1) is 0 Å². The number of hydrogen-bond donors (Lipinski definition) is 0. The Morgan fingerprint density at radius 1 is 0.829 bits per heavy atom. The number of nitrogens with zero attached hydrogens (tertiary/aromatic N) is 4. The van der Waals surface area contributed by atoms with Crippen LogP contribution in [-0.4, -0.2) is 36.5 Å². The van der Waals surface area contributed by atoms with Gasteiger partial charge in [0.25, 0.3) is 0 Å². The highest BCUT2D eigenvalue weighted by Gasteiger charge is 2.45. The number of benzene rings is 3. The van der Waals surface area contributed by atoms with Gasteiger partial charge in [-0.3, -0.25) is 0 Å². The summed E-state index contributed by atoms with van der Waals surface area (Å²) in [5, 5.41) is 4.15. The van der Waals surface area contributed by atoms with Crippen LogP contribution in [0.1, 0.15) is 44.8 Å². The van der Waals surface area contributed by atoms with Crippen LogP contribution in [0.4, 0.5) is 0 Å². The Labute approximate surface area is 238 Å². The molecule has 5 rings (SSSR count). The summed E-state index contributed by atoms with van der Waals surface area (Å²) in [5.41, 5.74) is 13.6. The normalized spacial score (nSPS) is 19.6. The Kier molecular flexibility index (Phi) is 9.46. The molecule has 0 saturated heterocycles. The lowest BCUT2D eigenvalue weighted by molar-refractivity contribution is -0.138. The minimum atomic E-state index is -0.756. The van der Waals surface area contributed by atoms with E-state index in [1.165, 1.54) is 7.11 Å². The van der Waals surface area contributed by atoms with E-state index in [0.29, 0.717) is 24.5 Å². The average Bonchev–Trinajstić information content (AvgIpc) is 3.47. The largest absolute Gasteiger partial charge is 0.465 e. The first-order valence-corrected chi connectivity index (χ1v) is 13.4. The van der Waals surface area contributed by atoms with Crippen LogP contribution >= 0.6 is 0 Å². The quantitative estimate of drug-likeness (QED) is 0.0855. The molecule has 1 aliphatic heterocycles. The van der Waals surface area contributed by atoms with Gasteiger partial charge in [-0.25, -0.2) is 4.79 Å². The van der Waals surface area contributed by atoms with Gasteiger partial charge in [-0.15, -0.1) is 0 Å². The standard InChI is InChI=1S/C32H32N4O5/c1-38-32(37)26-17-27-29(34-35-33)31(41-21-25-15-9-4-10-16-25)30(40-20-24-13-7-3-8-14-24)28(36(27)18-26)22-39-19-23-11-5-2-6-12-23/h2-18,28-31H,19-22H2,1H3/t28-,29+,30-,31-/m1/s1. The van der Waals surface area contributed by atoms with Crippen molar-refractivity contribution in [3.05, 3.63) is 142 Å². The number of fused-ring (bicyclic) bond motifs is 1. The molecule has 3 aromatic carbocycles. The first-order valence-electron chi connectivity index (χ1n) is 13.4. The molecule has 0 N–H and O–H groups in total. The number of methoxy groups -OCH3 is 1. The molecule has 4 aromatic rings.